The molecular formula is C12H17N3O3. The number of anilines is 1. The highest BCUT2D eigenvalue weighted by atomic mass is 16.6. The Morgan fingerprint density at radius 3 is 2.78 bits per heavy atom. The number of nitrogens with zero attached hydrogens (tertiary/aromatic N) is 1. The molecule has 0 atom stereocenters. The molecule has 6 nitrogen and oxygen atoms in total. The van der Waals surface area contributed by atoms with E-state index in [1.807, 2.05) is 0 Å². The largest absolute Gasteiger partial charge is 0.374 e. The molecule has 0 unspecified atom stereocenters. The highest BCUT2D eigenvalue weighted by Crippen LogP contribution is 2.26. The second-order valence-electron chi connectivity index (χ2n) is 4.47. The van der Waals surface area contributed by atoms with Crippen LogP contribution in [0.2, 0.25) is 0 Å². The lowest BCUT2D eigenvalue weighted by atomic mass is 10.2. The van der Waals surface area contributed by atoms with Crippen molar-refractivity contribution in [1.29, 1.82) is 0 Å². The van der Waals surface area contributed by atoms with E-state index in [-0.39, 0.29) is 5.69 Å². The van der Waals surface area contributed by atoms with Gasteiger partial charge in [-0.1, -0.05) is 12.8 Å². The summed E-state index contributed by atoms with van der Waals surface area (Å²) >= 11 is 0. The van der Waals surface area contributed by atoms with Crippen molar-refractivity contribution in [2.45, 2.75) is 38.4 Å². The van der Waals surface area contributed by atoms with Crippen LogP contribution in [0.3, 0.4) is 0 Å². The van der Waals surface area contributed by atoms with E-state index in [0.717, 1.165) is 18.4 Å². The van der Waals surface area contributed by atoms with Crippen molar-refractivity contribution in [2.24, 2.45) is 5.84 Å². The van der Waals surface area contributed by atoms with E-state index >= 15 is 0 Å². The van der Waals surface area contributed by atoms with E-state index in [1.54, 1.807) is 12.1 Å². The van der Waals surface area contributed by atoms with Crippen molar-refractivity contribution >= 4 is 11.4 Å². The number of ether oxygens (including phenoxy) is 1. The molecule has 18 heavy (non-hydrogen) atoms. The molecule has 3 N–H and O–H groups in total. The molecule has 1 aromatic rings. The van der Waals surface area contributed by atoms with Gasteiger partial charge in [-0.3, -0.25) is 16.0 Å². The summed E-state index contributed by atoms with van der Waals surface area (Å²) in [5, 5.41) is 10.7. The van der Waals surface area contributed by atoms with Crippen LogP contribution < -0.4 is 11.3 Å². The number of benzene rings is 1. The third kappa shape index (κ3) is 2.96. The molecule has 1 aliphatic rings. The SMILES string of the molecule is NNc1cc(COC2CCCC2)ccc1[N+](=O)[O-]. The summed E-state index contributed by atoms with van der Waals surface area (Å²) in [5.41, 5.74) is 3.52. The lowest BCUT2D eigenvalue weighted by Crippen LogP contribution is -2.11. The predicted molar refractivity (Wildman–Crippen MR) is 68.0 cm³/mol. The molecule has 0 bridgehead atoms. The van der Waals surface area contributed by atoms with E-state index in [1.165, 1.54) is 18.9 Å². The molecular weight excluding hydrogens is 234 g/mol. The molecule has 1 fully saturated rings. The van der Waals surface area contributed by atoms with Gasteiger partial charge in [0.1, 0.15) is 5.69 Å². The van der Waals surface area contributed by atoms with Crippen LogP contribution in [0.15, 0.2) is 18.2 Å². The fraction of sp³-hybridized carbons (Fsp3) is 0.500. The average Bonchev–Trinajstić information content (AvgIpc) is 2.88. The quantitative estimate of drug-likeness (QED) is 0.476. The zero-order valence-electron chi connectivity index (χ0n) is 10.1. The zero-order chi connectivity index (χ0) is 13.0. The third-order valence-electron chi connectivity index (χ3n) is 3.20. The molecule has 0 amide bonds. The molecule has 0 heterocycles. The molecule has 0 aromatic heterocycles. The fourth-order valence-corrected chi connectivity index (χ4v) is 2.22. The fourth-order valence-electron chi connectivity index (χ4n) is 2.22. The van der Waals surface area contributed by atoms with Gasteiger partial charge in [-0.2, -0.15) is 0 Å². The Labute approximate surface area is 105 Å². The normalized spacial score (nSPS) is 15.8. The van der Waals surface area contributed by atoms with Crippen molar-refractivity contribution in [3.05, 3.63) is 33.9 Å². The summed E-state index contributed by atoms with van der Waals surface area (Å²) in [7, 11) is 0. The highest BCUT2D eigenvalue weighted by molar-refractivity contribution is 5.61. The van der Waals surface area contributed by atoms with E-state index < -0.39 is 4.92 Å². The number of hydrogen-bond donors (Lipinski definition) is 2. The van der Waals surface area contributed by atoms with Gasteiger partial charge in [0.2, 0.25) is 0 Å². The van der Waals surface area contributed by atoms with Crippen LogP contribution in [0.4, 0.5) is 11.4 Å². The predicted octanol–water partition coefficient (Wildman–Crippen LogP) is 2.34. The van der Waals surface area contributed by atoms with Crippen LogP contribution in [0.25, 0.3) is 0 Å². The minimum atomic E-state index is -0.462. The van der Waals surface area contributed by atoms with Crippen molar-refractivity contribution in [2.75, 3.05) is 5.43 Å². The molecule has 1 saturated carbocycles. The molecule has 6 heteroatoms. The zero-order valence-corrected chi connectivity index (χ0v) is 10.1. The Morgan fingerprint density at radius 1 is 1.44 bits per heavy atom. The maximum Gasteiger partial charge on any atom is 0.293 e. The number of nitro benzene ring substituents is 1. The first kappa shape index (κ1) is 12.8. The van der Waals surface area contributed by atoms with Gasteiger partial charge < -0.3 is 10.2 Å². The lowest BCUT2D eigenvalue weighted by molar-refractivity contribution is -0.384. The number of rotatable bonds is 5. The Hall–Kier alpha value is -1.66. The first-order chi connectivity index (χ1) is 8.70. The Balaban J connectivity index is 2.02. The van der Waals surface area contributed by atoms with Gasteiger partial charge in [0.05, 0.1) is 17.6 Å². The summed E-state index contributed by atoms with van der Waals surface area (Å²) in [6, 6.07) is 4.81. The van der Waals surface area contributed by atoms with Crippen LogP contribution in [-0.4, -0.2) is 11.0 Å². The number of nitrogens with two attached hydrogens (primary N) is 1. The molecule has 0 aliphatic heterocycles. The molecule has 1 aliphatic carbocycles. The molecule has 0 spiro atoms. The Bertz CT molecular complexity index is 431. The van der Waals surface area contributed by atoms with Crippen LogP contribution in [0, 0.1) is 10.1 Å². The minimum Gasteiger partial charge on any atom is -0.374 e. The van der Waals surface area contributed by atoms with Gasteiger partial charge in [0.15, 0.2) is 0 Å². The Kier molecular flexibility index (Phi) is 4.11. The highest BCUT2D eigenvalue weighted by Gasteiger charge is 2.17. The smallest absolute Gasteiger partial charge is 0.293 e. The van der Waals surface area contributed by atoms with Crippen LogP contribution in [0.1, 0.15) is 31.2 Å². The standard InChI is InChI=1S/C12H17N3O3/c13-14-11-7-9(5-6-12(11)15(16)17)8-18-10-3-1-2-4-10/h5-7,10,14H,1-4,8,13H2. The van der Waals surface area contributed by atoms with Gasteiger partial charge in [0.25, 0.3) is 5.69 Å². The van der Waals surface area contributed by atoms with E-state index in [9.17, 15) is 10.1 Å². The van der Waals surface area contributed by atoms with Crippen molar-refractivity contribution < 1.29 is 9.66 Å². The van der Waals surface area contributed by atoms with E-state index in [2.05, 4.69) is 5.43 Å². The Morgan fingerprint density at radius 2 is 2.17 bits per heavy atom. The molecule has 98 valence electrons. The van der Waals surface area contributed by atoms with Crippen LogP contribution in [0.5, 0.6) is 0 Å². The number of nitrogens with one attached hydrogen (secondary N) is 1. The van der Waals surface area contributed by atoms with Gasteiger partial charge in [-0.05, 0) is 30.5 Å². The summed E-state index contributed by atoms with van der Waals surface area (Å²) < 4.78 is 5.75. The van der Waals surface area contributed by atoms with E-state index in [0.29, 0.717) is 18.4 Å². The van der Waals surface area contributed by atoms with Gasteiger partial charge >= 0.3 is 0 Å². The summed E-state index contributed by atoms with van der Waals surface area (Å²) in [6.07, 6.45) is 4.99. The molecule has 2 rings (SSSR count). The van der Waals surface area contributed by atoms with Gasteiger partial charge in [-0.15, -0.1) is 0 Å². The van der Waals surface area contributed by atoms with Gasteiger partial charge in [-0.25, -0.2) is 0 Å². The van der Waals surface area contributed by atoms with Crippen molar-refractivity contribution in [3.63, 3.8) is 0 Å². The second kappa shape index (κ2) is 5.79. The summed E-state index contributed by atoms with van der Waals surface area (Å²) in [5.74, 6) is 5.28. The maximum absolute atomic E-state index is 10.7. The van der Waals surface area contributed by atoms with Gasteiger partial charge in [0, 0.05) is 6.07 Å². The first-order valence-electron chi connectivity index (χ1n) is 6.06. The third-order valence-corrected chi connectivity index (χ3v) is 3.20. The number of nitro groups is 1. The lowest BCUT2D eigenvalue weighted by Gasteiger charge is -2.11. The average molecular weight is 251 g/mol. The summed E-state index contributed by atoms with van der Waals surface area (Å²) in [6.45, 7) is 0.470. The monoisotopic (exact) mass is 251 g/mol. The molecule has 0 saturated heterocycles. The van der Waals surface area contributed by atoms with E-state index in [4.69, 9.17) is 10.6 Å². The molecule has 0 radical (unpaired) electrons. The van der Waals surface area contributed by atoms with Crippen LogP contribution >= 0.6 is 0 Å². The number of nitrogen functional groups attached to an aromatic ring is 1. The topological polar surface area (TPSA) is 90.4 Å². The summed E-state index contributed by atoms with van der Waals surface area (Å²) in [4.78, 5) is 10.3. The van der Waals surface area contributed by atoms with Crippen molar-refractivity contribution in [3.8, 4) is 0 Å². The van der Waals surface area contributed by atoms with Crippen LogP contribution in [-0.2, 0) is 11.3 Å². The minimum absolute atomic E-state index is 0.0258. The number of hydrogen-bond acceptors (Lipinski definition) is 5. The molecule has 1 aromatic carbocycles. The van der Waals surface area contributed by atoms with Crippen molar-refractivity contribution in [1.82, 2.24) is 0 Å². The second-order valence-corrected chi connectivity index (χ2v) is 4.47. The number of hydrazine groups is 1. The maximum atomic E-state index is 10.7. The first-order valence-corrected chi connectivity index (χ1v) is 6.06.